The van der Waals surface area contributed by atoms with Gasteiger partial charge in [-0.15, -0.1) is 0 Å². The van der Waals surface area contributed by atoms with Gasteiger partial charge in [0.05, 0.1) is 24.3 Å². The molecule has 0 saturated carbocycles. The molecule has 0 saturated heterocycles. The minimum Gasteiger partial charge on any atom is -0.467 e. The molecule has 2 aromatic carbocycles. The van der Waals surface area contributed by atoms with Crippen molar-refractivity contribution in [3.63, 3.8) is 0 Å². The smallest absolute Gasteiger partial charge is 0.416 e. The van der Waals surface area contributed by atoms with Crippen LogP contribution in [0.3, 0.4) is 0 Å². The van der Waals surface area contributed by atoms with E-state index in [-0.39, 0.29) is 12.0 Å². The van der Waals surface area contributed by atoms with Gasteiger partial charge in [0.1, 0.15) is 6.04 Å². The molecule has 1 amide bonds. The van der Waals surface area contributed by atoms with Crippen molar-refractivity contribution in [3.05, 3.63) is 70.8 Å². The Bertz CT molecular complexity index is 854. The zero-order valence-corrected chi connectivity index (χ0v) is 14.2. The summed E-state index contributed by atoms with van der Waals surface area (Å²) in [4.78, 5) is 24.2. The number of carbonyl (C=O) groups excluding carboxylic acids is 2. The van der Waals surface area contributed by atoms with Gasteiger partial charge in [-0.3, -0.25) is 4.79 Å². The lowest BCUT2D eigenvalue weighted by atomic mass is 10.0. The summed E-state index contributed by atoms with van der Waals surface area (Å²) in [6.07, 6.45) is -4.40. The van der Waals surface area contributed by atoms with Gasteiger partial charge in [-0.1, -0.05) is 12.1 Å². The first-order valence-electron chi connectivity index (χ1n) is 7.79. The number of ether oxygens (including phenoxy) is 1. The molecule has 1 N–H and O–H groups in total. The third-order valence-electron chi connectivity index (χ3n) is 3.79. The SMILES string of the molecule is COC(=O)[C@H](Cc1ccc(C#N)cc1)NC(=O)c1ccc(C(F)(F)F)cc1. The second-order valence-electron chi connectivity index (χ2n) is 5.64. The van der Waals surface area contributed by atoms with Crippen LogP contribution in [0.25, 0.3) is 0 Å². The number of benzene rings is 2. The van der Waals surface area contributed by atoms with Crippen LogP contribution in [-0.4, -0.2) is 25.0 Å². The normalized spacial score (nSPS) is 12.0. The summed E-state index contributed by atoms with van der Waals surface area (Å²) < 4.78 is 42.5. The molecule has 5 nitrogen and oxygen atoms in total. The first-order chi connectivity index (χ1) is 12.7. The predicted molar refractivity (Wildman–Crippen MR) is 89.6 cm³/mol. The molecule has 0 aliphatic heterocycles. The molecule has 2 aromatic rings. The summed E-state index contributed by atoms with van der Waals surface area (Å²) in [6, 6.07) is 11.0. The summed E-state index contributed by atoms with van der Waals surface area (Å²) in [5.74, 6) is -1.40. The van der Waals surface area contributed by atoms with Crippen LogP contribution < -0.4 is 5.32 Å². The van der Waals surface area contributed by atoms with E-state index in [1.165, 1.54) is 7.11 Å². The Hall–Kier alpha value is -3.34. The van der Waals surface area contributed by atoms with E-state index in [9.17, 15) is 22.8 Å². The summed E-state index contributed by atoms with van der Waals surface area (Å²) >= 11 is 0. The highest BCUT2D eigenvalue weighted by molar-refractivity contribution is 5.96. The minimum atomic E-state index is -4.50. The number of carbonyl (C=O) groups is 2. The molecular formula is C19H15F3N2O3. The number of hydrogen-bond donors (Lipinski definition) is 1. The highest BCUT2D eigenvalue weighted by atomic mass is 19.4. The fraction of sp³-hybridized carbons (Fsp3) is 0.211. The zero-order chi connectivity index (χ0) is 20.0. The molecule has 0 aromatic heterocycles. The summed E-state index contributed by atoms with van der Waals surface area (Å²) in [5, 5.41) is 11.3. The lowest BCUT2D eigenvalue weighted by Crippen LogP contribution is -2.43. The van der Waals surface area contributed by atoms with Gasteiger partial charge in [-0.25, -0.2) is 4.79 Å². The van der Waals surface area contributed by atoms with Gasteiger partial charge >= 0.3 is 12.1 Å². The van der Waals surface area contributed by atoms with Crippen molar-refractivity contribution < 1.29 is 27.5 Å². The first-order valence-corrected chi connectivity index (χ1v) is 7.79. The molecule has 140 valence electrons. The van der Waals surface area contributed by atoms with E-state index in [2.05, 4.69) is 10.1 Å². The third-order valence-corrected chi connectivity index (χ3v) is 3.79. The molecule has 0 heterocycles. The molecule has 8 heteroatoms. The van der Waals surface area contributed by atoms with E-state index in [1.807, 2.05) is 6.07 Å². The van der Waals surface area contributed by atoms with Crippen molar-refractivity contribution in [3.8, 4) is 6.07 Å². The van der Waals surface area contributed by atoms with Crippen molar-refractivity contribution >= 4 is 11.9 Å². The van der Waals surface area contributed by atoms with Crippen LogP contribution in [0, 0.1) is 11.3 Å². The number of rotatable bonds is 5. The minimum absolute atomic E-state index is 0.0169. The number of hydrogen-bond acceptors (Lipinski definition) is 4. The molecule has 0 radical (unpaired) electrons. The van der Waals surface area contributed by atoms with Crippen LogP contribution in [0.15, 0.2) is 48.5 Å². The Morgan fingerprint density at radius 3 is 2.19 bits per heavy atom. The molecule has 0 aliphatic rings. The average molecular weight is 376 g/mol. The Morgan fingerprint density at radius 2 is 1.70 bits per heavy atom. The number of halogens is 3. The maximum absolute atomic E-state index is 12.6. The van der Waals surface area contributed by atoms with Crippen LogP contribution in [0.4, 0.5) is 13.2 Å². The van der Waals surface area contributed by atoms with Crippen molar-refractivity contribution in [2.45, 2.75) is 18.6 Å². The number of nitriles is 1. The molecule has 2 rings (SSSR count). The van der Waals surface area contributed by atoms with Crippen molar-refractivity contribution in [2.24, 2.45) is 0 Å². The third kappa shape index (κ3) is 5.31. The van der Waals surface area contributed by atoms with Crippen LogP contribution in [0.1, 0.15) is 27.0 Å². The summed E-state index contributed by atoms with van der Waals surface area (Å²) in [5.41, 5.74) is 0.233. The Labute approximate surface area is 153 Å². The average Bonchev–Trinajstić information content (AvgIpc) is 2.66. The topological polar surface area (TPSA) is 79.2 Å². The van der Waals surface area contributed by atoms with Gasteiger partial charge in [-0.05, 0) is 42.0 Å². The predicted octanol–water partition coefficient (Wildman–Crippen LogP) is 3.09. The van der Waals surface area contributed by atoms with Crippen LogP contribution >= 0.6 is 0 Å². The summed E-state index contributed by atoms with van der Waals surface area (Å²) in [6.45, 7) is 0. The van der Waals surface area contributed by atoms with Crippen LogP contribution in [0.2, 0.25) is 0 Å². The quantitative estimate of drug-likeness (QED) is 0.814. The van der Waals surface area contributed by atoms with E-state index in [4.69, 9.17) is 5.26 Å². The molecule has 0 fully saturated rings. The van der Waals surface area contributed by atoms with Gasteiger partial charge in [0.2, 0.25) is 0 Å². The fourth-order valence-electron chi connectivity index (χ4n) is 2.34. The van der Waals surface area contributed by atoms with E-state index in [0.717, 1.165) is 24.3 Å². The van der Waals surface area contributed by atoms with Crippen molar-refractivity contribution in [1.82, 2.24) is 5.32 Å². The number of nitrogens with one attached hydrogen (secondary N) is 1. The van der Waals surface area contributed by atoms with E-state index in [0.29, 0.717) is 11.1 Å². The summed E-state index contributed by atoms with van der Waals surface area (Å²) in [7, 11) is 1.17. The van der Waals surface area contributed by atoms with Gasteiger partial charge in [-0.2, -0.15) is 18.4 Å². The van der Waals surface area contributed by atoms with E-state index >= 15 is 0 Å². The van der Waals surface area contributed by atoms with Gasteiger partial charge in [0.25, 0.3) is 5.91 Å². The Morgan fingerprint density at radius 1 is 1.11 bits per heavy atom. The van der Waals surface area contributed by atoms with E-state index < -0.39 is 29.7 Å². The largest absolute Gasteiger partial charge is 0.467 e. The number of amides is 1. The standard InChI is InChI=1S/C19H15F3N2O3/c1-27-18(26)16(10-12-2-4-13(11-23)5-3-12)24-17(25)14-6-8-15(9-7-14)19(20,21)22/h2-9,16H,10H2,1H3,(H,24,25)/t16-/m0/s1. The molecule has 0 spiro atoms. The number of methoxy groups -OCH3 is 1. The number of alkyl halides is 3. The van der Waals surface area contributed by atoms with Crippen molar-refractivity contribution in [2.75, 3.05) is 7.11 Å². The maximum Gasteiger partial charge on any atom is 0.416 e. The van der Waals surface area contributed by atoms with E-state index in [1.54, 1.807) is 24.3 Å². The Balaban J connectivity index is 2.14. The lowest BCUT2D eigenvalue weighted by molar-refractivity contribution is -0.142. The second-order valence-corrected chi connectivity index (χ2v) is 5.64. The number of esters is 1. The molecule has 0 bridgehead atoms. The van der Waals surface area contributed by atoms with Gasteiger partial charge < -0.3 is 10.1 Å². The number of nitrogens with zero attached hydrogens (tertiary/aromatic N) is 1. The fourth-order valence-corrected chi connectivity index (χ4v) is 2.34. The molecule has 27 heavy (non-hydrogen) atoms. The highest BCUT2D eigenvalue weighted by Gasteiger charge is 2.30. The van der Waals surface area contributed by atoms with Gasteiger partial charge in [0.15, 0.2) is 0 Å². The zero-order valence-electron chi connectivity index (χ0n) is 14.2. The molecular weight excluding hydrogens is 361 g/mol. The van der Waals surface area contributed by atoms with Crippen molar-refractivity contribution in [1.29, 1.82) is 5.26 Å². The monoisotopic (exact) mass is 376 g/mol. The first kappa shape index (κ1) is 20.0. The maximum atomic E-state index is 12.6. The highest BCUT2D eigenvalue weighted by Crippen LogP contribution is 2.29. The van der Waals surface area contributed by atoms with Gasteiger partial charge in [0, 0.05) is 12.0 Å². The lowest BCUT2D eigenvalue weighted by Gasteiger charge is -2.17. The van der Waals surface area contributed by atoms with Crippen LogP contribution in [-0.2, 0) is 22.1 Å². The van der Waals surface area contributed by atoms with Crippen LogP contribution in [0.5, 0.6) is 0 Å². The molecule has 0 aliphatic carbocycles. The molecule has 0 unspecified atom stereocenters. The second kappa shape index (κ2) is 8.36. The Kier molecular flexibility index (Phi) is 6.19. The molecule has 1 atom stereocenters.